The maximum Gasteiger partial charge on any atom is 0.0663 e. The molecule has 1 heterocycles. The minimum Gasteiger partial charge on any atom is -0.378 e. The minimum atomic E-state index is 0. The number of hydrogen-bond donors (Lipinski definition) is 1. The lowest BCUT2D eigenvalue weighted by Gasteiger charge is -2.29. The molecule has 68 valence electrons. The Balaban J connectivity index is 0.000001000. The van der Waals surface area contributed by atoms with Crippen molar-refractivity contribution in [3.63, 3.8) is 0 Å². The van der Waals surface area contributed by atoms with Crippen LogP contribution in [-0.4, -0.2) is 25.8 Å². The molecule has 1 fully saturated rings. The average molecular weight is 180 g/mol. The van der Waals surface area contributed by atoms with Gasteiger partial charge in [-0.1, -0.05) is 0 Å². The van der Waals surface area contributed by atoms with Crippen LogP contribution in [0, 0.1) is 5.92 Å². The largest absolute Gasteiger partial charge is 0.378 e. The van der Waals surface area contributed by atoms with Crippen molar-refractivity contribution in [2.24, 2.45) is 5.92 Å². The van der Waals surface area contributed by atoms with Gasteiger partial charge < -0.3 is 10.1 Å². The van der Waals surface area contributed by atoms with Crippen molar-refractivity contribution < 1.29 is 4.74 Å². The minimum absolute atomic E-state index is 0. The van der Waals surface area contributed by atoms with Crippen LogP contribution in [0.5, 0.6) is 0 Å². The van der Waals surface area contributed by atoms with E-state index in [4.69, 9.17) is 4.74 Å². The maximum atomic E-state index is 5.38. The Labute approximate surface area is 75.1 Å². The van der Waals surface area contributed by atoms with Gasteiger partial charge in [-0.3, -0.25) is 0 Å². The van der Waals surface area contributed by atoms with E-state index in [1.165, 1.54) is 6.42 Å². The van der Waals surface area contributed by atoms with E-state index in [-0.39, 0.29) is 18.0 Å². The molecular weight excluding hydrogens is 162 g/mol. The smallest absolute Gasteiger partial charge is 0.0663 e. The van der Waals surface area contributed by atoms with Crippen LogP contribution < -0.4 is 5.32 Å². The van der Waals surface area contributed by atoms with E-state index in [2.05, 4.69) is 19.2 Å². The molecule has 1 N–H and O–H groups in total. The Morgan fingerprint density at radius 3 is 2.45 bits per heavy atom. The molecule has 0 radical (unpaired) electrons. The highest BCUT2D eigenvalue weighted by molar-refractivity contribution is 5.85. The van der Waals surface area contributed by atoms with E-state index < -0.39 is 0 Å². The van der Waals surface area contributed by atoms with Crippen molar-refractivity contribution in [1.29, 1.82) is 0 Å². The predicted molar refractivity (Wildman–Crippen MR) is 49.3 cm³/mol. The summed E-state index contributed by atoms with van der Waals surface area (Å²) in [6.07, 6.45) is 1.25. The summed E-state index contributed by atoms with van der Waals surface area (Å²) >= 11 is 0. The normalized spacial score (nSPS) is 24.8. The van der Waals surface area contributed by atoms with E-state index >= 15 is 0 Å². The number of halogens is 1. The van der Waals surface area contributed by atoms with Gasteiger partial charge in [-0.15, -0.1) is 12.4 Å². The molecule has 0 amide bonds. The molecule has 0 aromatic carbocycles. The highest BCUT2D eigenvalue weighted by Crippen LogP contribution is 2.25. The quantitative estimate of drug-likeness (QED) is 0.693. The third-order valence-electron chi connectivity index (χ3n) is 2.57. The average Bonchev–Trinajstić information content (AvgIpc) is 2.38. The molecule has 0 aromatic rings. The van der Waals surface area contributed by atoms with E-state index in [0.29, 0.717) is 5.92 Å². The van der Waals surface area contributed by atoms with E-state index in [1.807, 2.05) is 0 Å². The van der Waals surface area contributed by atoms with Gasteiger partial charge >= 0.3 is 0 Å². The summed E-state index contributed by atoms with van der Waals surface area (Å²) < 4.78 is 5.38. The molecule has 1 aliphatic rings. The first kappa shape index (κ1) is 11.2. The summed E-state index contributed by atoms with van der Waals surface area (Å²) in [6, 6.07) is 0. The van der Waals surface area contributed by atoms with Crippen LogP contribution in [-0.2, 0) is 4.74 Å². The third kappa shape index (κ3) is 2.62. The van der Waals surface area contributed by atoms with Gasteiger partial charge in [0.05, 0.1) is 5.60 Å². The van der Waals surface area contributed by atoms with Crippen LogP contribution >= 0.6 is 12.4 Å². The monoisotopic (exact) mass is 179 g/mol. The predicted octanol–water partition coefficient (Wildman–Crippen LogP) is 1.44. The Bertz CT molecular complexity index is 111. The zero-order valence-corrected chi connectivity index (χ0v) is 8.33. The second-order valence-electron chi connectivity index (χ2n) is 3.50. The highest BCUT2D eigenvalue weighted by Gasteiger charge is 2.31. The van der Waals surface area contributed by atoms with Gasteiger partial charge in [-0.2, -0.15) is 0 Å². The lowest BCUT2D eigenvalue weighted by molar-refractivity contribution is -0.0211. The zero-order valence-electron chi connectivity index (χ0n) is 7.52. The summed E-state index contributed by atoms with van der Waals surface area (Å²) in [5, 5.41) is 3.33. The molecule has 1 saturated heterocycles. The fourth-order valence-corrected chi connectivity index (χ4v) is 1.41. The van der Waals surface area contributed by atoms with Crippen LogP contribution in [0.25, 0.3) is 0 Å². The van der Waals surface area contributed by atoms with Crippen LogP contribution in [0.15, 0.2) is 0 Å². The third-order valence-corrected chi connectivity index (χ3v) is 2.57. The van der Waals surface area contributed by atoms with Crippen LogP contribution in [0.4, 0.5) is 0 Å². The molecule has 1 rings (SSSR count). The Morgan fingerprint density at radius 1 is 1.45 bits per heavy atom. The van der Waals surface area contributed by atoms with Crippen molar-refractivity contribution in [3.05, 3.63) is 0 Å². The second kappa shape index (κ2) is 4.29. The van der Waals surface area contributed by atoms with Crippen molar-refractivity contribution in [1.82, 2.24) is 5.32 Å². The molecule has 0 saturated carbocycles. The molecule has 3 heteroatoms. The first-order chi connectivity index (χ1) is 4.67. The van der Waals surface area contributed by atoms with Gasteiger partial charge in [0.25, 0.3) is 0 Å². The molecule has 1 aliphatic heterocycles. The summed E-state index contributed by atoms with van der Waals surface area (Å²) in [4.78, 5) is 0. The van der Waals surface area contributed by atoms with Gasteiger partial charge in [0, 0.05) is 19.6 Å². The molecule has 0 unspecified atom stereocenters. The molecule has 0 spiro atoms. The summed E-state index contributed by atoms with van der Waals surface area (Å²) in [7, 11) is 1.79. The van der Waals surface area contributed by atoms with Gasteiger partial charge in [0.2, 0.25) is 0 Å². The Kier molecular flexibility index (Phi) is 4.37. The number of rotatable bonds is 2. The van der Waals surface area contributed by atoms with Crippen molar-refractivity contribution in [3.8, 4) is 0 Å². The SMILES string of the molecule is COC(C)(C)[C@@H]1CCNC1.Cl. The molecule has 0 aromatic heterocycles. The summed E-state index contributed by atoms with van der Waals surface area (Å²) in [5.74, 6) is 0.692. The molecule has 1 atom stereocenters. The lowest BCUT2D eigenvalue weighted by Crippen LogP contribution is -2.34. The van der Waals surface area contributed by atoms with E-state index in [0.717, 1.165) is 13.1 Å². The van der Waals surface area contributed by atoms with Crippen molar-refractivity contribution >= 4 is 12.4 Å². The Morgan fingerprint density at radius 2 is 2.09 bits per heavy atom. The number of ether oxygens (including phenoxy) is 1. The number of methoxy groups -OCH3 is 1. The first-order valence-corrected chi connectivity index (χ1v) is 3.92. The van der Waals surface area contributed by atoms with E-state index in [1.54, 1.807) is 7.11 Å². The molecule has 0 aliphatic carbocycles. The highest BCUT2D eigenvalue weighted by atomic mass is 35.5. The topological polar surface area (TPSA) is 21.3 Å². The Hall–Kier alpha value is 0.210. The van der Waals surface area contributed by atoms with Gasteiger partial charge in [0.1, 0.15) is 0 Å². The molecular formula is C8H18ClNO. The summed E-state index contributed by atoms with van der Waals surface area (Å²) in [6.45, 7) is 6.58. The van der Waals surface area contributed by atoms with Crippen LogP contribution in [0.3, 0.4) is 0 Å². The van der Waals surface area contributed by atoms with E-state index in [9.17, 15) is 0 Å². The number of nitrogens with one attached hydrogen (secondary N) is 1. The van der Waals surface area contributed by atoms with Gasteiger partial charge in [-0.25, -0.2) is 0 Å². The standard InChI is InChI=1S/C8H17NO.ClH/c1-8(2,10-3)7-4-5-9-6-7;/h7,9H,4-6H2,1-3H3;1H/t7-;/m1./s1. The first-order valence-electron chi connectivity index (χ1n) is 3.92. The zero-order chi connectivity index (χ0) is 7.61. The molecule has 11 heavy (non-hydrogen) atoms. The van der Waals surface area contributed by atoms with Gasteiger partial charge in [0.15, 0.2) is 0 Å². The summed E-state index contributed by atoms with van der Waals surface area (Å²) in [5.41, 5.74) is 0.0590. The fraction of sp³-hybridized carbons (Fsp3) is 1.00. The van der Waals surface area contributed by atoms with Crippen LogP contribution in [0.1, 0.15) is 20.3 Å². The van der Waals surface area contributed by atoms with Gasteiger partial charge in [-0.05, 0) is 26.8 Å². The molecule has 0 bridgehead atoms. The number of hydrogen-bond acceptors (Lipinski definition) is 2. The van der Waals surface area contributed by atoms with Crippen molar-refractivity contribution in [2.45, 2.75) is 25.9 Å². The molecule has 2 nitrogen and oxygen atoms in total. The lowest BCUT2D eigenvalue weighted by atomic mass is 9.90. The van der Waals surface area contributed by atoms with Crippen molar-refractivity contribution in [2.75, 3.05) is 20.2 Å². The van der Waals surface area contributed by atoms with Crippen LogP contribution in [0.2, 0.25) is 0 Å². The fourth-order valence-electron chi connectivity index (χ4n) is 1.41. The maximum absolute atomic E-state index is 5.38. The second-order valence-corrected chi connectivity index (χ2v) is 3.50.